The lowest BCUT2D eigenvalue weighted by Gasteiger charge is -2.27. The molecule has 4 rings (SSSR count). The molecule has 1 unspecified atom stereocenters. The fraction of sp³-hybridized carbons (Fsp3) is 0.138. The number of benzene rings is 4. The van der Waals surface area contributed by atoms with E-state index in [0.717, 1.165) is 11.1 Å². The lowest BCUT2D eigenvalue weighted by molar-refractivity contribution is 0.0940. The summed E-state index contributed by atoms with van der Waals surface area (Å²) in [6.45, 7) is 3.65. The maximum absolute atomic E-state index is 13.9. The van der Waals surface area contributed by atoms with Gasteiger partial charge in [0.25, 0.3) is 15.9 Å². The Bertz CT molecular complexity index is 1490. The Morgan fingerprint density at radius 3 is 2.19 bits per heavy atom. The van der Waals surface area contributed by atoms with Gasteiger partial charge in [0.15, 0.2) is 0 Å². The smallest absolute Gasteiger partial charge is 0.264 e. The molecule has 1 amide bonds. The second-order valence-corrected chi connectivity index (χ2v) is 11.0. The van der Waals surface area contributed by atoms with Crippen LogP contribution >= 0.6 is 11.6 Å². The van der Waals surface area contributed by atoms with Crippen molar-refractivity contribution in [2.75, 3.05) is 4.31 Å². The van der Waals surface area contributed by atoms with E-state index in [4.69, 9.17) is 11.6 Å². The van der Waals surface area contributed by atoms with Crippen LogP contribution < -0.4 is 9.62 Å². The minimum Gasteiger partial charge on any atom is -0.345 e. The number of anilines is 1. The van der Waals surface area contributed by atoms with Crippen molar-refractivity contribution in [3.8, 4) is 0 Å². The number of amides is 1. The molecular formula is C29H26ClFN2O3S. The highest BCUT2D eigenvalue weighted by Gasteiger charge is 2.29. The average Bonchev–Trinajstić information content (AvgIpc) is 2.89. The largest absolute Gasteiger partial charge is 0.345 e. The standard InChI is InChI=1S/C29H26ClFN2O3S/c1-20-7-17-26(18-8-20)37(35,36)33(19-22-9-13-24(30)14-10-22)28-6-4-3-5-27(28)29(34)32-21(2)23-11-15-25(31)16-12-23/h3-18,21H,19H2,1-2H3,(H,32,34). The summed E-state index contributed by atoms with van der Waals surface area (Å²) in [6.07, 6.45) is 0. The van der Waals surface area contributed by atoms with Gasteiger partial charge in [0.2, 0.25) is 0 Å². The molecule has 1 N–H and O–H groups in total. The van der Waals surface area contributed by atoms with Crippen molar-refractivity contribution < 1.29 is 17.6 Å². The minimum absolute atomic E-state index is 0.00874. The molecule has 0 spiro atoms. The molecule has 0 bridgehead atoms. The maximum atomic E-state index is 13.9. The number of sulfonamides is 1. The van der Waals surface area contributed by atoms with Crippen LogP contribution in [0.2, 0.25) is 5.02 Å². The van der Waals surface area contributed by atoms with Crippen LogP contribution in [0.3, 0.4) is 0 Å². The molecule has 0 fully saturated rings. The van der Waals surface area contributed by atoms with E-state index in [1.165, 1.54) is 16.4 Å². The van der Waals surface area contributed by atoms with Gasteiger partial charge in [0.1, 0.15) is 5.82 Å². The molecule has 0 aliphatic carbocycles. The molecule has 0 aliphatic rings. The zero-order valence-electron chi connectivity index (χ0n) is 20.4. The van der Waals surface area contributed by atoms with E-state index in [2.05, 4.69) is 5.32 Å². The first kappa shape index (κ1) is 26.4. The number of rotatable bonds is 8. The summed E-state index contributed by atoms with van der Waals surface area (Å²) in [7, 11) is -4.04. The van der Waals surface area contributed by atoms with E-state index in [-0.39, 0.29) is 28.5 Å². The van der Waals surface area contributed by atoms with Gasteiger partial charge in [-0.3, -0.25) is 9.10 Å². The molecule has 0 saturated carbocycles. The van der Waals surface area contributed by atoms with Gasteiger partial charge in [0, 0.05) is 5.02 Å². The summed E-state index contributed by atoms with van der Waals surface area (Å²) in [4.78, 5) is 13.5. The Hall–Kier alpha value is -3.68. The van der Waals surface area contributed by atoms with Crippen LogP contribution in [0.4, 0.5) is 10.1 Å². The van der Waals surface area contributed by atoms with E-state index in [9.17, 15) is 17.6 Å². The zero-order valence-corrected chi connectivity index (χ0v) is 21.9. The summed E-state index contributed by atoms with van der Waals surface area (Å²) in [5.74, 6) is -0.820. The van der Waals surface area contributed by atoms with Gasteiger partial charge < -0.3 is 5.32 Å². The van der Waals surface area contributed by atoms with Crippen molar-refractivity contribution in [3.63, 3.8) is 0 Å². The topological polar surface area (TPSA) is 66.5 Å². The van der Waals surface area contributed by atoms with Crippen LogP contribution in [0, 0.1) is 12.7 Å². The summed E-state index contributed by atoms with van der Waals surface area (Å²) >= 11 is 6.03. The SMILES string of the molecule is Cc1ccc(S(=O)(=O)N(Cc2ccc(Cl)cc2)c2ccccc2C(=O)NC(C)c2ccc(F)cc2)cc1. The quantitative estimate of drug-likeness (QED) is 0.273. The average molecular weight is 537 g/mol. The van der Waals surface area contributed by atoms with Gasteiger partial charge in [0.05, 0.1) is 28.7 Å². The van der Waals surface area contributed by atoms with E-state index in [1.807, 2.05) is 6.92 Å². The monoisotopic (exact) mass is 536 g/mol. The third-order valence-corrected chi connectivity index (χ3v) is 8.01. The number of carbonyl (C=O) groups is 1. The Morgan fingerprint density at radius 1 is 0.919 bits per heavy atom. The molecule has 1 atom stereocenters. The Kier molecular flexibility index (Phi) is 7.95. The van der Waals surface area contributed by atoms with Gasteiger partial charge in [-0.2, -0.15) is 0 Å². The molecule has 0 aliphatic heterocycles. The molecule has 0 radical (unpaired) electrons. The van der Waals surface area contributed by atoms with Crippen molar-refractivity contribution in [3.05, 3.63) is 130 Å². The van der Waals surface area contributed by atoms with Crippen LogP contribution in [-0.2, 0) is 16.6 Å². The first-order valence-corrected chi connectivity index (χ1v) is 13.5. The third-order valence-electron chi connectivity index (χ3n) is 5.98. The van der Waals surface area contributed by atoms with Crippen molar-refractivity contribution in [1.29, 1.82) is 0 Å². The molecule has 4 aromatic carbocycles. The molecule has 5 nitrogen and oxygen atoms in total. The van der Waals surface area contributed by atoms with Crippen LogP contribution in [-0.4, -0.2) is 14.3 Å². The molecule has 0 saturated heterocycles. The number of aryl methyl sites for hydroxylation is 1. The number of halogens is 2. The molecule has 4 aromatic rings. The van der Waals surface area contributed by atoms with E-state index < -0.39 is 22.0 Å². The van der Waals surface area contributed by atoms with Gasteiger partial charge in [-0.05, 0) is 73.5 Å². The molecule has 37 heavy (non-hydrogen) atoms. The van der Waals surface area contributed by atoms with Crippen molar-refractivity contribution >= 4 is 33.2 Å². The highest BCUT2D eigenvalue weighted by atomic mass is 35.5. The predicted octanol–water partition coefficient (Wildman–Crippen LogP) is 6.67. The van der Waals surface area contributed by atoms with Crippen LogP contribution in [0.25, 0.3) is 0 Å². The second kappa shape index (κ2) is 11.2. The van der Waals surface area contributed by atoms with Gasteiger partial charge in [-0.25, -0.2) is 12.8 Å². The number of hydrogen-bond donors (Lipinski definition) is 1. The van der Waals surface area contributed by atoms with Crippen molar-refractivity contribution in [2.45, 2.75) is 31.3 Å². The fourth-order valence-electron chi connectivity index (χ4n) is 3.89. The van der Waals surface area contributed by atoms with Crippen LogP contribution in [0.5, 0.6) is 0 Å². The lowest BCUT2D eigenvalue weighted by Crippen LogP contribution is -2.34. The van der Waals surface area contributed by atoms with E-state index in [0.29, 0.717) is 10.6 Å². The molecule has 0 heterocycles. The number of carbonyl (C=O) groups excluding carboxylic acids is 1. The highest BCUT2D eigenvalue weighted by molar-refractivity contribution is 7.92. The summed E-state index contributed by atoms with van der Waals surface area (Å²) in [5, 5.41) is 3.43. The number of hydrogen-bond acceptors (Lipinski definition) is 3. The normalized spacial score (nSPS) is 12.1. The summed E-state index contributed by atoms with van der Waals surface area (Å²) in [6, 6.07) is 25.4. The Labute approximate surface area is 221 Å². The van der Waals surface area contributed by atoms with Crippen LogP contribution in [0.15, 0.2) is 102 Å². The van der Waals surface area contributed by atoms with Gasteiger partial charge >= 0.3 is 0 Å². The summed E-state index contributed by atoms with van der Waals surface area (Å²) < 4.78 is 42.4. The Morgan fingerprint density at radius 2 is 1.54 bits per heavy atom. The first-order valence-electron chi connectivity index (χ1n) is 11.6. The van der Waals surface area contributed by atoms with Gasteiger partial charge in [-0.15, -0.1) is 0 Å². The Balaban J connectivity index is 1.74. The lowest BCUT2D eigenvalue weighted by atomic mass is 10.1. The van der Waals surface area contributed by atoms with Crippen LogP contribution in [0.1, 0.15) is 40.0 Å². The molecule has 0 aromatic heterocycles. The predicted molar refractivity (Wildman–Crippen MR) is 145 cm³/mol. The van der Waals surface area contributed by atoms with Crippen molar-refractivity contribution in [1.82, 2.24) is 5.32 Å². The van der Waals surface area contributed by atoms with Gasteiger partial charge in [-0.1, -0.05) is 65.7 Å². The molecule has 190 valence electrons. The number of para-hydroxylation sites is 1. The number of nitrogens with one attached hydrogen (secondary N) is 1. The maximum Gasteiger partial charge on any atom is 0.264 e. The number of nitrogens with zero attached hydrogens (tertiary/aromatic N) is 1. The van der Waals surface area contributed by atoms with E-state index >= 15 is 0 Å². The second-order valence-electron chi connectivity index (χ2n) is 8.72. The minimum atomic E-state index is -4.04. The molecule has 8 heteroatoms. The van der Waals surface area contributed by atoms with Crippen molar-refractivity contribution in [2.24, 2.45) is 0 Å². The zero-order chi connectivity index (χ0) is 26.6. The summed E-state index contributed by atoms with van der Waals surface area (Å²) in [5.41, 5.74) is 2.79. The highest BCUT2D eigenvalue weighted by Crippen LogP contribution is 2.30. The molecular weight excluding hydrogens is 511 g/mol. The first-order chi connectivity index (χ1) is 17.6. The third kappa shape index (κ3) is 6.18. The van der Waals surface area contributed by atoms with E-state index in [1.54, 1.807) is 91.9 Å². The fourth-order valence-corrected chi connectivity index (χ4v) is 5.48.